The molecule has 1 heterocycles. The number of furan rings is 1. The van der Waals surface area contributed by atoms with Crippen molar-refractivity contribution >= 4 is 11.6 Å². The molecule has 0 bridgehead atoms. The van der Waals surface area contributed by atoms with Crippen LogP contribution >= 0.6 is 0 Å². The second-order valence-corrected chi connectivity index (χ2v) is 5.55. The van der Waals surface area contributed by atoms with Gasteiger partial charge in [-0.1, -0.05) is 26.0 Å². The summed E-state index contributed by atoms with van der Waals surface area (Å²) in [6.07, 6.45) is 0. The fourth-order valence-corrected chi connectivity index (χ4v) is 2.17. The molecule has 0 spiro atoms. The maximum absolute atomic E-state index is 5.94. The second kappa shape index (κ2) is 6.48. The molecule has 112 valence electrons. The van der Waals surface area contributed by atoms with Gasteiger partial charge in [-0.05, 0) is 43.5 Å². The summed E-state index contributed by atoms with van der Waals surface area (Å²) >= 11 is 0. The molecule has 21 heavy (non-hydrogen) atoms. The number of aliphatic imine (C=N–C) groups is 1. The molecule has 1 aromatic carbocycles. The van der Waals surface area contributed by atoms with Crippen molar-refractivity contribution in [1.82, 2.24) is 0 Å². The molecule has 0 aliphatic rings. The van der Waals surface area contributed by atoms with E-state index in [2.05, 4.69) is 36.3 Å². The van der Waals surface area contributed by atoms with Gasteiger partial charge >= 0.3 is 0 Å². The number of aryl methyl sites for hydroxylation is 2. The van der Waals surface area contributed by atoms with Gasteiger partial charge in [-0.2, -0.15) is 0 Å². The summed E-state index contributed by atoms with van der Waals surface area (Å²) in [5.41, 5.74) is 9.24. The summed E-state index contributed by atoms with van der Waals surface area (Å²) in [6, 6.07) is 10.2. The standard InChI is InChI=1S/C17H23N3O/c1-11(2)14-6-5-7-16(9-14)20-17(18)19-10-15-8-12(3)21-13(15)4/h5-9,11H,10H2,1-4H3,(H3,18,19,20). The molecule has 1 aromatic heterocycles. The lowest BCUT2D eigenvalue weighted by Gasteiger charge is -2.09. The SMILES string of the molecule is Cc1cc(CN=C(N)Nc2cccc(C(C)C)c2)c(C)o1. The number of benzene rings is 1. The summed E-state index contributed by atoms with van der Waals surface area (Å²) < 4.78 is 5.48. The van der Waals surface area contributed by atoms with E-state index in [1.54, 1.807) is 0 Å². The minimum Gasteiger partial charge on any atom is -0.466 e. The lowest BCUT2D eigenvalue weighted by molar-refractivity contribution is 0.501. The zero-order valence-electron chi connectivity index (χ0n) is 13.1. The van der Waals surface area contributed by atoms with Crippen molar-refractivity contribution in [3.63, 3.8) is 0 Å². The molecule has 2 aromatic rings. The number of anilines is 1. The molecule has 4 heteroatoms. The average Bonchev–Trinajstić information content (AvgIpc) is 2.75. The van der Waals surface area contributed by atoms with Gasteiger partial charge in [-0.25, -0.2) is 4.99 Å². The number of hydrogen-bond acceptors (Lipinski definition) is 2. The van der Waals surface area contributed by atoms with Crippen LogP contribution in [0.4, 0.5) is 5.69 Å². The Labute approximate surface area is 126 Å². The number of nitrogens with two attached hydrogens (primary N) is 1. The van der Waals surface area contributed by atoms with E-state index < -0.39 is 0 Å². The smallest absolute Gasteiger partial charge is 0.193 e. The highest BCUT2D eigenvalue weighted by Gasteiger charge is 2.04. The van der Waals surface area contributed by atoms with Crippen LogP contribution in [0.15, 0.2) is 39.7 Å². The van der Waals surface area contributed by atoms with Crippen molar-refractivity contribution in [2.24, 2.45) is 10.7 Å². The molecule has 0 radical (unpaired) electrons. The minimum absolute atomic E-state index is 0.411. The monoisotopic (exact) mass is 285 g/mol. The highest BCUT2D eigenvalue weighted by Crippen LogP contribution is 2.18. The largest absolute Gasteiger partial charge is 0.466 e. The quantitative estimate of drug-likeness (QED) is 0.660. The fourth-order valence-electron chi connectivity index (χ4n) is 2.17. The lowest BCUT2D eigenvalue weighted by atomic mass is 10.0. The molecule has 0 saturated carbocycles. The van der Waals surface area contributed by atoms with Crippen molar-refractivity contribution < 1.29 is 4.42 Å². The molecule has 4 nitrogen and oxygen atoms in total. The second-order valence-electron chi connectivity index (χ2n) is 5.55. The van der Waals surface area contributed by atoms with Gasteiger partial charge in [0.25, 0.3) is 0 Å². The Balaban J connectivity index is 2.03. The van der Waals surface area contributed by atoms with Crippen LogP contribution < -0.4 is 11.1 Å². The Morgan fingerprint density at radius 2 is 2.05 bits per heavy atom. The third-order valence-electron chi connectivity index (χ3n) is 3.39. The van der Waals surface area contributed by atoms with Gasteiger partial charge in [0.2, 0.25) is 0 Å². The van der Waals surface area contributed by atoms with E-state index in [-0.39, 0.29) is 0 Å². The summed E-state index contributed by atoms with van der Waals surface area (Å²) in [7, 11) is 0. The molecule has 0 aliphatic carbocycles. The molecule has 0 amide bonds. The molecule has 2 rings (SSSR count). The van der Waals surface area contributed by atoms with Crippen molar-refractivity contribution in [3.8, 4) is 0 Å². The number of guanidine groups is 1. The van der Waals surface area contributed by atoms with Gasteiger partial charge in [0, 0.05) is 11.3 Å². The van der Waals surface area contributed by atoms with Crippen LogP contribution in [0, 0.1) is 13.8 Å². The van der Waals surface area contributed by atoms with Gasteiger partial charge in [0.1, 0.15) is 11.5 Å². The molecule has 0 atom stereocenters. The highest BCUT2D eigenvalue weighted by molar-refractivity contribution is 5.92. The summed E-state index contributed by atoms with van der Waals surface area (Å²) in [5, 5.41) is 3.13. The summed E-state index contributed by atoms with van der Waals surface area (Å²) in [5.74, 6) is 2.69. The molecule has 0 fully saturated rings. The average molecular weight is 285 g/mol. The maximum atomic E-state index is 5.94. The molecular formula is C17H23N3O. The highest BCUT2D eigenvalue weighted by atomic mass is 16.3. The van der Waals surface area contributed by atoms with E-state index >= 15 is 0 Å². The predicted molar refractivity (Wildman–Crippen MR) is 87.7 cm³/mol. The van der Waals surface area contributed by atoms with E-state index in [4.69, 9.17) is 10.2 Å². The van der Waals surface area contributed by atoms with Gasteiger partial charge in [-0.3, -0.25) is 0 Å². The van der Waals surface area contributed by atoms with Crippen LogP contribution in [-0.2, 0) is 6.54 Å². The van der Waals surface area contributed by atoms with E-state index in [9.17, 15) is 0 Å². The number of nitrogens with zero attached hydrogens (tertiary/aromatic N) is 1. The van der Waals surface area contributed by atoms with Crippen molar-refractivity contribution in [2.75, 3.05) is 5.32 Å². The van der Waals surface area contributed by atoms with Gasteiger partial charge in [0.15, 0.2) is 5.96 Å². The van der Waals surface area contributed by atoms with Crippen molar-refractivity contribution in [2.45, 2.75) is 40.2 Å². The van der Waals surface area contributed by atoms with Crippen LogP contribution in [0.25, 0.3) is 0 Å². The normalized spacial score (nSPS) is 12.0. The first-order chi connectivity index (χ1) is 9.95. The van der Waals surface area contributed by atoms with Gasteiger partial charge in [-0.15, -0.1) is 0 Å². The topological polar surface area (TPSA) is 63.5 Å². The first-order valence-electron chi connectivity index (χ1n) is 7.18. The van der Waals surface area contributed by atoms with Crippen LogP contribution in [0.5, 0.6) is 0 Å². The van der Waals surface area contributed by atoms with E-state index in [1.165, 1.54) is 5.56 Å². The lowest BCUT2D eigenvalue weighted by Crippen LogP contribution is -2.22. The Bertz CT molecular complexity index is 641. The van der Waals surface area contributed by atoms with E-state index in [1.807, 2.05) is 32.0 Å². The molecule has 0 saturated heterocycles. The summed E-state index contributed by atoms with van der Waals surface area (Å²) in [4.78, 5) is 4.36. The van der Waals surface area contributed by atoms with Crippen LogP contribution in [-0.4, -0.2) is 5.96 Å². The minimum atomic E-state index is 0.411. The Kier molecular flexibility index (Phi) is 4.68. The van der Waals surface area contributed by atoms with Crippen molar-refractivity contribution in [1.29, 1.82) is 0 Å². The molecular weight excluding hydrogens is 262 g/mol. The van der Waals surface area contributed by atoms with E-state index in [0.29, 0.717) is 18.4 Å². The van der Waals surface area contributed by atoms with E-state index in [0.717, 1.165) is 22.8 Å². The molecule has 0 aliphatic heterocycles. The van der Waals surface area contributed by atoms with Gasteiger partial charge in [0.05, 0.1) is 6.54 Å². The molecule has 0 unspecified atom stereocenters. The number of nitrogens with one attached hydrogen (secondary N) is 1. The third-order valence-corrected chi connectivity index (χ3v) is 3.39. The number of hydrogen-bond donors (Lipinski definition) is 2. The predicted octanol–water partition coefficient (Wildman–Crippen LogP) is 3.95. The maximum Gasteiger partial charge on any atom is 0.193 e. The van der Waals surface area contributed by atoms with Gasteiger partial charge < -0.3 is 15.5 Å². The first-order valence-corrected chi connectivity index (χ1v) is 7.18. The zero-order chi connectivity index (χ0) is 15.4. The zero-order valence-corrected chi connectivity index (χ0v) is 13.1. The molecule has 3 N–H and O–H groups in total. The summed E-state index contributed by atoms with van der Waals surface area (Å²) in [6.45, 7) is 8.72. The first kappa shape index (κ1) is 15.2. The van der Waals surface area contributed by atoms with Crippen LogP contribution in [0.1, 0.15) is 42.4 Å². The fraction of sp³-hybridized carbons (Fsp3) is 0.353. The van der Waals surface area contributed by atoms with Crippen molar-refractivity contribution in [3.05, 3.63) is 53.0 Å². The Morgan fingerprint density at radius 3 is 2.67 bits per heavy atom. The Morgan fingerprint density at radius 1 is 1.29 bits per heavy atom. The van der Waals surface area contributed by atoms with Crippen LogP contribution in [0.3, 0.4) is 0 Å². The number of rotatable bonds is 4. The third kappa shape index (κ3) is 4.12. The van der Waals surface area contributed by atoms with Crippen LogP contribution in [0.2, 0.25) is 0 Å². The Hall–Kier alpha value is -2.23.